The summed E-state index contributed by atoms with van der Waals surface area (Å²) in [5.41, 5.74) is 18.0. The molecule has 2 heterocycles. The first kappa shape index (κ1) is 14.5. The van der Waals surface area contributed by atoms with Crippen molar-refractivity contribution in [2.45, 2.75) is 0 Å². The van der Waals surface area contributed by atoms with Crippen LogP contribution in [0, 0.1) is 0 Å². The lowest BCUT2D eigenvalue weighted by atomic mass is 10.1. The minimum Gasteiger partial charge on any atom is -0.436 e. The zero-order chi connectivity index (χ0) is 17.7. The number of H-pyrrole nitrogens is 1. The molecule has 5 N–H and O–H groups in total. The maximum absolute atomic E-state index is 5.94. The quantitative estimate of drug-likeness (QED) is 0.417. The van der Waals surface area contributed by atoms with Gasteiger partial charge in [-0.1, -0.05) is 18.2 Å². The molecule has 0 fully saturated rings. The highest BCUT2D eigenvalue weighted by molar-refractivity contribution is 5.87. The molecule has 0 saturated heterocycles. The molecule has 3 aromatic carbocycles. The maximum Gasteiger partial charge on any atom is 0.228 e. The van der Waals surface area contributed by atoms with Gasteiger partial charge >= 0.3 is 0 Å². The molecule has 26 heavy (non-hydrogen) atoms. The van der Waals surface area contributed by atoms with Crippen molar-refractivity contribution in [2.24, 2.45) is 0 Å². The summed E-state index contributed by atoms with van der Waals surface area (Å²) >= 11 is 0. The van der Waals surface area contributed by atoms with E-state index in [1.54, 1.807) is 6.07 Å². The molecule has 0 aliphatic carbocycles. The van der Waals surface area contributed by atoms with Crippen molar-refractivity contribution in [3.05, 3.63) is 60.7 Å². The van der Waals surface area contributed by atoms with Crippen LogP contribution in [0.15, 0.2) is 65.1 Å². The monoisotopic (exact) mass is 341 g/mol. The number of hydrogen-bond donors (Lipinski definition) is 3. The lowest BCUT2D eigenvalue weighted by molar-refractivity contribution is 0.620. The average molecular weight is 341 g/mol. The Kier molecular flexibility index (Phi) is 2.99. The summed E-state index contributed by atoms with van der Waals surface area (Å²) in [5, 5.41) is 0. The van der Waals surface area contributed by atoms with E-state index in [0.29, 0.717) is 22.8 Å². The smallest absolute Gasteiger partial charge is 0.228 e. The fraction of sp³-hybridized carbons (Fsp3) is 0. The molecule has 6 heteroatoms. The Balaban J connectivity index is 1.70. The number of rotatable bonds is 2. The van der Waals surface area contributed by atoms with Gasteiger partial charge in [0.25, 0.3) is 0 Å². The van der Waals surface area contributed by atoms with E-state index < -0.39 is 0 Å². The second kappa shape index (κ2) is 5.35. The predicted molar refractivity (Wildman–Crippen MR) is 103 cm³/mol. The number of hydrogen-bond acceptors (Lipinski definition) is 5. The van der Waals surface area contributed by atoms with E-state index in [9.17, 15) is 0 Å². The summed E-state index contributed by atoms with van der Waals surface area (Å²) < 4.78 is 5.94. The largest absolute Gasteiger partial charge is 0.436 e. The summed E-state index contributed by atoms with van der Waals surface area (Å²) in [7, 11) is 0. The van der Waals surface area contributed by atoms with E-state index in [-0.39, 0.29) is 0 Å². The van der Waals surface area contributed by atoms with Gasteiger partial charge in [0, 0.05) is 28.6 Å². The van der Waals surface area contributed by atoms with Crippen molar-refractivity contribution in [2.75, 3.05) is 11.5 Å². The molecule has 0 unspecified atom stereocenters. The van der Waals surface area contributed by atoms with Crippen molar-refractivity contribution in [1.82, 2.24) is 15.0 Å². The Morgan fingerprint density at radius 3 is 2.35 bits per heavy atom. The Labute approximate surface area is 148 Å². The zero-order valence-electron chi connectivity index (χ0n) is 13.7. The first-order valence-electron chi connectivity index (χ1n) is 8.18. The van der Waals surface area contributed by atoms with Crippen LogP contribution >= 0.6 is 0 Å². The van der Waals surface area contributed by atoms with Crippen LogP contribution in [0.1, 0.15) is 0 Å². The second-order valence-corrected chi connectivity index (χ2v) is 6.15. The molecule has 0 amide bonds. The van der Waals surface area contributed by atoms with Gasteiger partial charge in [0.2, 0.25) is 5.89 Å². The van der Waals surface area contributed by atoms with Gasteiger partial charge in [-0.25, -0.2) is 9.97 Å². The summed E-state index contributed by atoms with van der Waals surface area (Å²) in [5.74, 6) is 1.27. The predicted octanol–water partition coefficient (Wildman–Crippen LogP) is 4.20. The molecular weight excluding hydrogens is 326 g/mol. The number of benzene rings is 3. The highest BCUT2D eigenvalue weighted by atomic mass is 16.3. The van der Waals surface area contributed by atoms with E-state index >= 15 is 0 Å². The molecule has 126 valence electrons. The SMILES string of the molecule is Nc1ccc2nc(-c3ccccc3-c3nc4ccc(N)cc4o3)[nH]c2c1. The lowest BCUT2D eigenvalue weighted by Crippen LogP contribution is -1.86. The van der Waals surface area contributed by atoms with Gasteiger partial charge in [-0.05, 0) is 36.4 Å². The highest BCUT2D eigenvalue weighted by Crippen LogP contribution is 2.33. The molecular formula is C20H15N5O. The van der Waals surface area contributed by atoms with Crippen LogP contribution in [0.4, 0.5) is 11.4 Å². The Morgan fingerprint density at radius 1 is 0.769 bits per heavy atom. The van der Waals surface area contributed by atoms with Gasteiger partial charge in [0.15, 0.2) is 5.58 Å². The first-order chi connectivity index (χ1) is 12.7. The fourth-order valence-electron chi connectivity index (χ4n) is 3.09. The van der Waals surface area contributed by atoms with Crippen LogP contribution in [-0.2, 0) is 0 Å². The molecule has 0 saturated carbocycles. The maximum atomic E-state index is 5.94. The number of aromatic amines is 1. The molecule has 0 atom stereocenters. The number of nitrogens with two attached hydrogens (primary N) is 2. The van der Waals surface area contributed by atoms with Crippen LogP contribution in [0.5, 0.6) is 0 Å². The van der Waals surface area contributed by atoms with Gasteiger partial charge in [-0.15, -0.1) is 0 Å². The van der Waals surface area contributed by atoms with Crippen molar-refractivity contribution in [1.29, 1.82) is 0 Å². The van der Waals surface area contributed by atoms with Gasteiger partial charge in [0.1, 0.15) is 11.3 Å². The third kappa shape index (κ3) is 2.28. The van der Waals surface area contributed by atoms with Crippen molar-refractivity contribution in [3.8, 4) is 22.8 Å². The summed E-state index contributed by atoms with van der Waals surface area (Å²) in [4.78, 5) is 12.6. The fourth-order valence-corrected chi connectivity index (χ4v) is 3.09. The third-order valence-corrected chi connectivity index (χ3v) is 4.33. The normalized spacial score (nSPS) is 11.4. The third-order valence-electron chi connectivity index (χ3n) is 4.33. The zero-order valence-corrected chi connectivity index (χ0v) is 13.7. The topological polar surface area (TPSA) is 107 Å². The standard InChI is InChI=1S/C20H15N5O/c21-11-5-7-15-17(9-11)24-19(23-15)13-3-1-2-4-14(13)20-25-16-8-6-12(22)10-18(16)26-20/h1-10H,21-22H2,(H,23,24). The molecule has 5 rings (SSSR count). The first-order valence-corrected chi connectivity index (χ1v) is 8.18. The average Bonchev–Trinajstić information content (AvgIpc) is 3.24. The number of nitrogens with one attached hydrogen (secondary N) is 1. The number of nitrogens with zero attached hydrogens (tertiary/aromatic N) is 2. The summed E-state index contributed by atoms with van der Waals surface area (Å²) in [6.07, 6.45) is 0. The number of imidazole rings is 1. The number of oxazole rings is 1. The Bertz CT molecular complexity index is 1170. The van der Waals surface area contributed by atoms with Crippen LogP contribution in [0.25, 0.3) is 45.0 Å². The summed E-state index contributed by atoms with van der Waals surface area (Å²) in [6, 6.07) is 18.9. The van der Waals surface area contributed by atoms with Crippen LogP contribution in [-0.4, -0.2) is 15.0 Å². The van der Waals surface area contributed by atoms with E-state index in [2.05, 4.69) is 15.0 Å². The molecule has 0 radical (unpaired) electrons. The number of nitrogen functional groups attached to an aromatic ring is 2. The van der Waals surface area contributed by atoms with Crippen molar-refractivity contribution < 1.29 is 4.42 Å². The highest BCUT2D eigenvalue weighted by Gasteiger charge is 2.16. The van der Waals surface area contributed by atoms with E-state index in [0.717, 1.165) is 33.5 Å². The molecule has 0 spiro atoms. The van der Waals surface area contributed by atoms with Crippen molar-refractivity contribution >= 4 is 33.5 Å². The van der Waals surface area contributed by atoms with Gasteiger partial charge in [0.05, 0.1) is 11.0 Å². The van der Waals surface area contributed by atoms with Gasteiger partial charge in [-0.3, -0.25) is 0 Å². The number of fused-ring (bicyclic) bond motifs is 2. The van der Waals surface area contributed by atoms with Crippen molar-refractivity contribution in [3.63, 3.8) is 0 Å². The van der Waals surface area contributed by atoms with E-state index in [4.69, 9.17) is 15.9 Å². The number of aromatic nitrogens is 3. The molecule has 0 aliphatic rings. The molecule has 6 nitrogen and oxygen atoms in total. The Morgan fingerprint density at radius 2 is 1.50 bits per heavy atom. The Hall–Kier alpha value is -3.80. The van der Waals surface area contributed by atoms with Gasteiger partial charge in [-0.2, -0.15) is 0 Å². The second-order valence-electron chi connectivity index (χ2n) is 6.15. The lowest BCUT2D eigenvalue weighted by Gasteiger charge is -2.03. The number of anilines is 2. The molecule has 5 aromatic rings. The molecule has 0 aliphatic heterocycles. The van der Waals surface area contributed by atoms with Crippen LogP contribution in [0.2, 0.25) is 0 Å². The van der Waals surface area contributed by atoms with E-state index in [1.165, 1.54) is 0 Å². The molecule has 2 aromatic heterocycles. The van der Waals surface area contributed by atoms with Crippen LogP contribution < -0.4 is 11.5 Å². The summed E-state index contributed by atoms with van der Waals surface area (Å²) in [6.45, 7) is 0. The van der Waals surface area contributed by atoms with E-state index in [1.807, 2.05) is 54.6 Å². The minimum absolute atomic E-state index is 0.529. The van der Waals surface area contributed by atoms with Crippen LogP contribution in [0.3, 0.4) is 0 Å². The van der Waals surface area contributed by atoms with Gasteiger partial charge < -0.3 is 20.9 Å². The molecule has 0 bridgehead atoms. The minimum atomic E-state index is 0.529.